The van der Waals surface area contributed by atoms with Gasteiger partial charge in [0.25, 0.3) is 0 Å². The van der Waals surface area contributed by atoms with Gasteiger partial charge in [0.15, 0.2) is 0 Å². The van der Waals surface area contributed by atoms with Crippen molar-refractivity contribution in [1.82, 2.24) is 15.3 Å². The molecule has 0 unspecified atom stereocenters. The maximum Gasteiger partial charge on any atom is 0.132 e. The van der Waals surface area contributed by atoms with Crippen molar-refractivity contribution >= 4 is 5.82 Å². The SMILES string of the molecule is Cc1nc(N(C)C)cc([C@]2(C)CCCNC2)n1. The molecule has 2 rings (SSSR count). The fraction of sp³-hybridized carbons (Fsp3) is 0.692. The molecule has 0 amide bonds. The summed E-state index contributed by atoms with van der Waals surface area (Å²) < 4.78 is 0. The van der Waals surface area contributed by atoms with Crippen LogP contribution in [0.4, 0.5) is 5.82 Å². The van der Waals surface area contributed by atoms with Crippen LogP contribution in [0.3, 0.4) is 0 Å². The van der Waals surface area contributed by atoms with Crippen LogP contribution in [0.15, 0.2) is 6.07 Å². The van der Waals surface area contributed by atoms with Gasteiger partial charge in [-0.05, 0) is 26.3 Å². The minimum absolute atomic E-state index is 0.150. The van der Waals surface area contributed by atoms with Crippen LogP contribution in [0.1, 0.15) is 31.3 Å². The van der Waals surface area contributed by atoms with Crippen LogP contribution in [0.5, 0.6) is 0 Å². The van der Waals surface area contributed by atoms with Crippen LogP contribution in [0, 0.1) is 6.92 Å². The van der Waals surface area contributed by atoms with Crippen molar-refractivity contribution < 1.29 is 0 Å². The van der Waals surface area contributed by atoms with E-state index in [0.29, 0.717) is 0 Å². The highest BCUT2D eigenvalue weighted by atomic mass is 15.1. The second-order valence-corrected chi connectivity index (χ2v) is 5.39. The molecule has 0 aromatic carbocycles. The summed E-state index contributed by atoms with van der Waals surface area (Å²) in [5.41, 5.74) is 1.32. The van der Waals surface area contributed by atoms with Gasteiger partial charge in [-0.15, -0.1) is 0 Å². The third-order valence-corrected chi connectivity index (χ3v) is 3.50. The lowest BCUT2D eigenvalue weighted by molar-refractivity contribution is 0.331. The lowest BCUT2D eigenvalue weighted by Gasteiger charge is -2.34. The lowest BCUT2D eigenvalue weighted by atomic mass is 9.79. The largest absolute Gasteiger partial charge is 0.363 e. The van der Waals surface area contributed by atoms with Gasteiger partial charge in [-0.1, -0.05) is 6.92 Å². The number of hydrogen-bond acceptors (Lipinski definition) is 4. The fourth-order valence-electron chi connectivity index (χ4n) is 2.37. The van der Waals surface area contributed by atoms with Gasteiger partial charge in [-0.25, -0.2) is 9.97 Å². The van der Waals surface area contributed by atoms with Gasteiger partial charge in [-0.3, -0.25) is 0 Å². The fourth-order valence-corrected chi connectivity index (χ4v) is 2.37. The topological polar surface area (TPSA) is 41.1 Å². The lowest BCUT2D eigenvalue weighted by Crippen LogP contribution is -2.41. The number of anilines is 1. The first-order valence-electron chi connectivity index (χ1n) is 6.25. The quantitative estimate of drug-likeness (QED) is 0.842. The molecule has 1 aliphatic heterocycles. The minimum atomic E-state index is 0.150. The molecule has 0 bridgehead atoms. The Morgan fingerprint density at radius 2 is 2.12 bits per heavy atom. The summed E-state index contributed by atoms with van der Waals surface area (Å²) >= 11 is 0. The smallest absolute Gasteiger partial charge is 0.132 e. The van der Waals surface area contributed by atoms with E-state index < -0.39 is 0 Å². The molecule has 17 heavy (non-hydrogen) atoms. The summed E-state index contributed by atoms with van der Waals surface area (Å²) in [6.07, 6.45) is 2.42. The summed E-state index contributed by atoms with van der Waals surface area (Å²) in [5, 5.41) is 3.47. The Hall–Kier alpha value is -1.16. The number of nitrogens with one attached hydrogen (secondary N) is 1. The highest BCUT2D eigenvalue weighted by Crippen LogP contribution is 2.30. The summed E-state index contributed by atoms with van der Waals surface area (Å²) in [4.78, 5) is 11.1. The Kier molecular flexibility index (Phi) is 3.33. The summed E-state index contributed by atoms with van der Waals surface area (Å²) in [6, 6.07) is 2.12. The third kappa shape index (κ3) is 2.57. The van der Waals surface area contributed by atoms with Crippen molar-refractivity contribution in [3.05, 3.63) is 17.6 Å². The van der Waals surface area contributed by atoms with Crippen molar-refractivity contribution in [2.75, 3.05) is 32.1 Å². The Morgan fingerprint density at radius 1 is 1.35 bits per heavy atom. The van der Waals surface area contributed by atoms with E-state index in [1.54, 1.807) is 0 Å². The predicted molar refractivity (Wildman–Crippen MR) is 70.6 cm³/mol. The molecule has 1 saturated heterocycles. The highest BCUT2D eigenvalue weighted by Gasteiger charge is 2.30. The molecular weight excluding hydrogens is 212 g/mol. The molecule has 1 fully saturated rings. The monoisotopic (exact) mass is 234 g/mol. The van der Waals surface area contributed by atoms with Gasteiger partial charge < -0.3 is 10.2 Å². The van der Waals surface area contributed by atoms with E-state index in [-0.39, 0.29) is 5.41 Å². The van der Waals surface area contributed by atoms with E-state index >= 15 is 0 Å². The zero-order valence-corrected chi connectivity index (χ0v) is 11.2. The molecule has 2 heterocycles. The van der Waals surface area contributed by atoms with Crippen molar-refractivity contribution in [2.24, 2.45) is 0 Å². The molecule has 1 aromatic rings. The van der Waals surface area contributed by atoms with E-state index in [2.05, 4.69) is 28.3 Å². The summed E-state index contributed by atoms with van der Waals surface area (Å²) in [6.45, 7) is 6.40. The number of aryl methyl sites for hydroxylation is 1. The van der Waals surface area contributed by atoms with Crippen LogP contribution in [-0.4, -0.2) is 37.2 Å². The molecule has 0 radical (unpaired) electrons. The van der Waals surface area contributed by atoms with E-state index in [1.807, 2.05) is 25.9 Å². The van der Waals surface area contributed by atoms with Crippen LogP contribution < -0.4 is 10.2 Å². The molecule has 4 heteroatoms. The van der Waals surface area contributed by atoms with E-state index in [0.717, 1.165) is 24.7 Å². The minimum Gasteiger partial charge on any atom is -0.363 e. The number of aromatic nitrogens is 2. The van der Waals surface area contributed by atoms with Gasteiger partial charge >= 0.3 is 0 Å². The Labute approximate surface area is 103 Å². The third-order valence-electron chi connectivity index (χ3n) is 3.50. The Morgan fingerprint density at radius 3 is 2.71 bits per heavy atom. The van der Waals surface area contributed by atoms with Gasteiger partial charge in [0.1, 0.15) is 11.6 Å². The zero-order valence-electron chi connectivity index (χ0n) is 11.2. The van der Waals surface area contributed by atoms with Crippen molar-refractivity contribution in [1.29, 1.82) is 0 Å². The van der Waals surface area contributed by atoms with Crippen LogP contribution >= 0.6 is 0 Å². The molecular formula is C13H22N4. The molecule has 0 aliphatic carbocycles. The van der Waals surface area contributed by atoms with E-state index in [4.69, 9.17) is 0 Å². The maximum atomic E-state index is 4.63. The van der Waals surface area contributed by atoms with E-state index in [1.165, 1.54) is 18.5 Å². The molecule has 4 nitrogen and oxygen atoms in total. The first-order valence-corrected chi connectivity index (χ1v) is 6.25. The number of hydrogen-bond donors (Lipinski definition) is 1. The number of nitrogens with zero attached hydrogens (tertiary/aromatic N) is 3. The average Bonchev–Trinajstić information content (AvgIpc) is 2.29. The molecule has 1 aliphatic rings. The Balaban J connectivity index is 2.37. The molecule has 0 spiro atoms. The van der Waals surface area contributed by atoms with Crippen LogP contribution in [-0.2, 0) is 5.41 Å². The molecule has 94 valence electrons. The van der Waals surface area contributed by atoms with Crippen molar-refractivity contribution in [3.63, 3.8) is 0 Å². The van der Waals surface area contributed by atoms with Crippen LogP contribution in [0.25, 0.3) is 0 Å². The van der Waals surface area contributed by atoms with Gasteiger partial charge in [-0.2, -0.15) is 0 Å². The standard InChI is InChI=1S/C13H22N4/c1-10-15-11(8-12(16-10)17(3)4)13(2)6-5-7-14-9-13/h8,14H,5-7,9H2,1-4H3/t13-/m1/s1. The number of rotatable bonds is 2. The predicted octanol–water partition coefficient (Wildman–Crippen LogP) is 1.49. The molecule has 0 saturated carbocycles. The zero-order chi connectivity index (χ0) is 12.5. The van der Waals surface area contributed by atoms with Gasteiger partial charge in [0.2, 0.25) is 0 Å². The second kappa shape index (κ2) is 4.61. The van der Waals surface area contributed by atoms with Crippen molar-refractivity contribution in [3.8, 4) is 0 Å². The Bertz CT molecular complexity index is 394. The summed E-state index contributed by atoms with van der Waals surface area (Å²) in [7, 11) is 4.04. The molecule has 1 atom stereocenters. The van der Waals surface area contributed by atoms with Crippen LogP contribution in [0.2, 0.25) is 0 Å². The first-order chi connectivity index (χ1) is 8.01. The molecule has 1 N–H and O–H groups in total. The van der Waals surface area contributed by atoms with Crippen molar-refractivity contribution in [2.45, 2.75) is 32.1 Å². The van der Waals surface area contributed by atoms with Gasteiger partial charge in [0.05, 0.1) is 5.69 Å². The average molecular weight is 234 g/mol. The number of piperidine rings is 1. The molecule has 1 aromatic heterocycles. The normalized spacial score (nSPS) is 24.7. The highest BCUT2D eigenvalue weighted by molar-refractivity contribution is 5.40. The van der Waals surface area contributed by atoms with Gasteiger partial charge in [0, 0.05) is 32.1 Å². The second-order valence-electron chi connectivity index (χ2n) is 5.39. The van der Waals surface area contributed by atoms with E-state index in [9.17, 15) is 0 Å². The summed E-state index contributed by atoms with van der Waals surface area (Å²) in [5.74, 6) is 1.86. The maximum absolute atomic E-state index is 4.63. The first kappa shape index (κ1) is 12.3.